The molecule has 1 N–H and O–H groups in total. The van der Waals surface area contributed by atoms with Crippen molar-refractivity contribution in [2.45, 2.75) is 39.5 Å². The van der Waals surface area contributed by atoms with Crippen LogP contribution < -0.4 is 5.32 Å². The first-order chi connectivity index (χ1) is 13.0. The molecule has 1 aliphatic rings. The van der Waals surface area contributed by atoms with Crippen molar-refractivity contribution in [1.29, 1.82) is 0 Å². The van der Waals surface area contributed by atoms with Crippen LogP contribution >= 0.6 is 0 Å². The molecule has 4 heteroatoms. The van der Waals surface area contributed by atoms with Crippen LogP contribution in [0.25, 0.3) is 0 Å². The number of amides is 2. The molecule has 0 aromatic heterocycles. The predicted octanol–water partition coefficient (Wildman–Crippen LogP) is 4.11. The molecule has 0 spiro atoms. The number of likely N-dealkylation sites (tertiary alicyclic amines) is 1. The first kappa shape index (κ1) is 19.2. The average Bonchev–Trinajstić information content (AvgIpc) is 2.66. The van der Waals surface area contributed by atoms with Crippen molar-refractivity contribution >= 4 is 17.5 Å². The van der Waals surface area contributed by atoms with Crippen molar-refractivity contribution in [2.24, 2.45) is 5.92 Å². The maximum absolute atomic E-state index is 12.4. The zero-order valence-corrected chi connectivity index (χ0v) is 16.2. The largest absolute Gasteiger partial charge is 0.342 e. The summed E-state index contributed by atoms with van der Waals surface area (Å²) in [5.41, 5.74) is 4.41. The van der Waals surface area contributed by atoms with Gasteiger partial charge in [-0.3, -0.25) is 9.59 Å². The van der Waals surface area contributed by atoms with Gasteiger partial charge in [-0.25, -0.2) is 0 Å². The highest BCUT2D eigenvalue weighted by Gasteiger charge is 2.24. The maximum atomic E-state index is 12.4. The lowest BCUT2D eigenvalue weighted by Crippen LogP contribution is -2.40. The number of hydrogen-bond acceptors (Lipinski definition) is 2. The van der Waals surface area contributed by atoms with Crippen LogP contribution in [0.5, 0.6) is 0 Å². The summed E-state index contributed by atoms with van der Waals surface area (Å²) < 4.78 is 0. The van der Waals surface area contributed by atoms with Crippen molar-refractivity contribution in [2.75, 3.05) is 18.4 Å². The Morgan fingerprint density at radius 2 is 1.70 bits per heavy atom. The molecule has 1 saturated heterocycles. The van der Waals surface area contributed by atoms with E-state index in [1.165, 1.54) is 11.1 Å². The third-order valence-corrected chi connectivity index (χ3v) is 5.44. The van der Waals surface area contributed by atoms with Crippen molar-refractivity contribution < 1.29 is 9.59 Å². The first-order valence-electron chi connectivity index (χ1n) is 9.70. The maximum Gasteiger partial charge on any atom is 0.233 e. The van der Waals surface area contributed by atoms with Gasteiger partial charge in [-0.15, -0.1) is 0 Å². The van der Waals surface area contributed by atoms with Crippen molar-refractivity contribution in [3.05, 3.63) is 65.2 Å². The molecule has 27 heavy (non-hydrogen) atoms. The van der Waals surface area contributed by atoms with Gasteiger partial charge in [0, 0.05) is 18.8 Å². The zero-order chi connectivity index (χ0) is 19.2. The molecule has 1 fully saturated rings. The second-order valence-electron chi connectivity index (χ2n) is 7.54. The topological polar surface area (TPSA) is 49.4 Å². The van der Waals surface area contributed by atoms with E-state index in [0.29, 0.717) is 5.92 Å². The van der Waals surface area contributed by atoms with Gasteiger partial charge in [-0.2, -0.15) is 0 Å². The molecule has 142 valence electrons. The fourth-order valence-electron chi connectivity index (χ4n) is 3.61. The third-order valence-electron chi connectivity index (χ3n) is 5.44. The van der Waals surface area contributed by atoms with Gasteiger partial charge in [0.25, 0.3) is 0 Å². The Hall–Kier alpha value is -2.62. The highest BCUT2D eigenvalue weighted by Crippen LogP contribution is 2.22. The number of carbonyl (C=O) groups is 2. The Morgan fingerprint density at radius 3 is 2.37 bits per heavy atom. The molecule has 0 atom stereocenters. The number of nitrogens with zero attached hydrogens (tertiary/aromatic N) is 1. The standard InChI is InChI=1S/C23H28N2O2/c1-17-8-9-21(14-18(17)2)24-22(26)16-23(27)25-12-10-20(11-13-25)15-19-6-4-3-5-7-19/h3-9,14,20H,10-13,15-16H2,1-2H3,(H,24,26). The molecule has 0 saturated carbocycles. The molecule has 2 amide bonds. The number of aryl methyl sites for hydroxylation is 2. The van der Waals surface area contributed by atoms with Gasteiger partial charge in [-0.05, 0) is 67.9 Å². The Kier molecular flexibility index (Phi) is 6.28. The minimum absolute atomic E-state index is 0.0745. The molecule has 4 nitrogen and oxygen atoms in total. The van der Waals surface area contributed by atoms with Crippen molar-refractivity contribution in [1.82, 2.24) is 4.90 Å². The summed E-state index contributed by atoms with van der Waals surface area (Å²) in [4.78, 5) is 26.5. The predicted molar refractivity (Wildman–Crippen MR) is 109 cm³/mol. The minimum atomic E-state index is -0.241. The first-order valence-corrected chi connectivity index (χ1v) is 9.70. The third kappa shape index (κ3) is 5.43. The van der Waals surface area contributed by atoms with Crippen LogP contribution in [0.2, 0.25) is 0 Å². The lowest BCUT2D eigenvalue weighted by molar-refractivity contribution is -0.135. The van der Waals surface area contributed by atoms with E-state index in [1.807, 2.05) is 43.0 Å². The smallest absolute Gasteiger partial charge is 0.233 e. The Morgan fingerprint density at radius 1 is 1.00 bits per heavy atom. The lowest BCUT2D eigenvalue weighted by Gasteiger charge is -2.32. The summed E-state index contributed by atoms with van der Waals surface area (Å²) in [5.74, 6) is 0.296. The van der Waals surface area contributed by atoms with Gasteiger partial charge in [0.05, 0.1) is 0 Å². The van der Waals surface area contributed by atoms with E-state index < -0.39 is 0 Å². The summed E-state index contributed by atoms with van der Waals surface area (Å²) in [6.45, 7) is 5.53. The van der Waals surface area contributed by atoms with Crippen LogP contribution in [0.1, 0.15) is 36.0 Å². The van der Waals surface area contributed by atoms with E-state index in [2.05, 4.69) is 29.6 Å². The number of carbonyl (C=O) groups excluding carboxylic acids is 2. The number of anilines is 1. The van der Waals surface area contributed by atoms with Crippen LogP contribution in [0.4, 0.5) is 5.69 Å². The second-order valence-corrected chi connectivity index (χ2v) is 7.54. The van der Waals surface area contributed by atoms with E-state index in [4.69, 9.17) is 0 Å². The van der Waals surface area contributed by atoms with Gasteiger partial charge in [-0.1, -0.05) is 36.4 Å². The summed E-state index contributed by atoms with van der Waals surface area (Å²) >= 11 is 0. The molecule has 0 unspecified atom stereocenters. The highest BCUT2D eigenvalue weighted by atomic mass is 16.2. The van der Waals surface area contributed by atoms with E-state index in [9.17, 15) is 9.59 Å². The normalized spacial score (nSPS) is 14.8. The average molecular weight is 364 g/mol. The van der Waals surface area contributed by atoms with Gasteiger partial charge < -0.3 is 10.2 Å². The Balaban J connectivity index is 1.44. The van der Waals surface area contributed by atoms with Gasteiger partial charge in [0.1, 0.15) is 6.42 Å². The van der Waals surface area contributed by atoms with E-state index in [-0.39, 0.29) is 18.2 Å². The fraction of sp³-hybridized carbons (Fsp3) is 0.391. The SMILES string of the molecule is Cc1ccc(NC(=O)CC(=O)N2CCC(Cc3ccccc3)CC2)cc1C. The van der Waals surface area contributed by atoms with Crippen molar-refractivity contribution in [3.63, 3.8) is 0 Å². The molecule has 3 rings (SSSR count). The van der Waals surface area contributed by atoms with E-state index in [0.717, 1.165) is 43.6 Å². The van der Waals surface area contributed by atoms with Crippen LogP contribution in [0.15, 0.2) is 48.5 Å². The van der Waals surface area contributed by atoms with Crippen LogP contribution in [0, 0.1) is 19.8 Å². The number of benzene rings is 2. The van der Waals surface area contributed by atoms with Gasteiger partial charge in [0.15, 0.2) is 0 Å². The fourth-order valence-corrected chi connectivity index (χ4v) is 3.61. The molecule has 0 radical (unpaired) electrons. The highest BCUT2D eigenvalue weighted by molar-refractivity contribution is 6.03. The van der Waals surface area contributed by atoms with Gasteiger partial charge >= 0.3 is 0 Å². The van der Waals surface area contributed by atoms with E-state index in [1.54, 1.807) is 0 Å². The molecular formula is C23H28N2O2. The van der Waals surface area contributed by atoms with Gasteiger partial charge in [0.2, 0.25) is 11.8 Å². The van der Waals surface area contributed by atoms with E-state index >= 15 is 0 Å². The Labute approximate surface area is 161 Å². The number of piperidine rings is 1. The molecule has 1 aliphatic heterocycles. The summed E-state index contributed by atoms with van der Waals surface area (Å²) in [5, 5.41) is 2.83. The zero-order valence-electron chi connectivity index (χ0n) is 16.2. The van der Waals surface area contributed by atoms with Crippen LogP contribution in [-0.4, -0.2) is 29.8 Å². The summed E-state index contributed by atoms with van der Waals surface area (Å²) in [6.07, 6.45) is 2.98. The van der Waals surface area contributed by atoms with Crippen molar-refractivity contribution in [3.8, 4) is 0 Å². The molecule has 1 heterocycles. The van der Waals surface area contributed by atoms with Crippen LogP contribution in [0.3, 0.4) is 0 Å². The monoisotopic (exact) mass is 364 g/mol. The Bertz CT molecular complexity index is 793. The molecular weight excluding hydrogens is 336 g/mol. The molecule has 0 aliphatic carbocycles. The lowest BCUT2D eigenvalue weighted by atomic mass is 9.90. The molecule has 0 bridgehead atoms. The minimum Gasteiger partial charge on any atom is -0.342 e. The summed E-state index contributed by atoms with van der Waals surface area (Å²) in [6, 6.07) is 16.3. The summed E-state index contributed by atoms with van der Waals surface area (Å²) in [7, 11) is 0. The number of hydrogen-bond donors (Lipinski definition) is 1. The molecule has 2 aromatic rings. The second kappa shape index (κ2) is 8.85. The quantitative estimate of drug-likeness (QED) is 0.812. The number of nitrogens with one attached hydrogen (secondary N) is 1. The molecule has 2 aromatic carbocycles. The number of rotatable bonds is 5. The van der Waals surface area contributed by atoms with Crippen LogP contribution in [-0.2, 0) is 16.0 Å².